The van der Waals surface area contributed by atoms with Crippen LogP contribution in [0.2, 0.25) is 19.6 Å². The molecule has 32 heavy (non-hydrogen) atoms. The number of ether oxygens (including phenoxy) is 4. The lowest BCUT2D eigenvalue weighted by molar-refractivity contribution is -0.0223. The van der Waals surface area contributed by atoms with E-state index in [1.807, 2.05) is 6.92 Å². The summed E-state index contributed by atoms with van der Waals surface area (Å²) in [5, 5.41) is 13.8. The number of hydrogen-bond acceptors (Lipinski definition) is 5. The van der Waals surface area contributed by atoms with Crippen molar-refractivity contribution in [1.29, 1.82) is 0 Å². The molecule has 0 amide bonds. The summed E-state index contributed by atoms with van der Waals surface area (Å²) >= 11 is 0. The lowest BCUT2D eigenvalue weighted by Crippen LogP contribution is -2.40. The first-order valence-electron chi connectivity index (χ1n) is 11.6. The molecule has 1 saturated carbocycles. The fourth-order valence-electron chi connectivity index (χ4n) is 6.07. The summed E-state index contributed by atoms with van der Waals surface area (Å²) in [6.45, 7) is 8.91. The van der Waals surface area contributed by atoms with E-state index in [-0.39, 0.29) is 0 Å². The zero-order valence-corrected chi connectivity index (χ0v) is 21.8. The Labute approximate surface area is 193 Å². The van der Waals surface area contributed by atoms with E-state index in [4.69, 9.17) is 18.9 Å². The van der Waals surface area contributed by atoms with Crippen LogP contribution in [0.3, 0.4) is 0 Å². The molecule has 2 aromatic rings. The van der Waals surface area contributed by atoms with E-state index in [1.165, 1.54) is 16.3 Å². The first-order chi connectivity index (χ1) is 15.1. The maximum atomic E-state index is 10.7. The number of aliphatic hydroxyl groups is 1. The number of benzene rings is 2. The Bertz CT molecular complexity index is 1040. The number of rotatable bonds is 5. The Hall–Kier alpha value is -1.92. The average molecular weight is 459 g/mol. The van der Waals surface area contributed by atoms with Gasteiger partial charge in [0.2, 0.25) is 0 Å². The van der Waals surface area contributed by atoms with Gasteiger partial charge in [-0.25, -0.2) is 0 Å². The normalized spacial score (nSPS) is 25.2. The molecule has 0 radical (unpaired) electrons. The third-order valence-corrected chi connectivity index (χ3v) is 9.59. The number of methoxy groups -OCH3 is 4. The molecule has 0 aromatic heterocycles. The van der Waals surface area contributed by atoms with Crippen molar-refractivity contribution in [2.24, 2.45) is 11.8 Å². The van der Waals surface area contributed by atoms with Crippen LogP contribution in [-0.4, -0.2) is 47.2 Å². The molecule has 0 unspecified atom stereocenters. The van der Waals surface area contributed by atoms with Crippen molar-refractivity contribution in [3.8, 4) is 23.0 Å². The molecule has 3 atom stereocenters. The van der Waals surface area contributed by atoms with Crippen LogP contribution in [0.1, 0.15) is 37.3 Å². The fraction of sp³-hybridized carbons (Fsp3) is 0.615. The van der Waals surface area contributed by atoms with Gasteiger partial charge in [0, 0.05) is 11.1 Å². The topological polar surface area (TPSA) is 57.2 Å². The summed E-state index contributed by atoms with van der Waals surface area (Å²) in [7, 11) is 5.21. The Kier molecular flexibility index (Phi) is 5.91. The van der Waals surface area contributed by atoms with Gasteiger partial charge in [-0.15, -0.1) is 0 Å². The molecule has 0 heterocycles. The molecule has 1 fully saturated rings. The molecule has 0 saturated heterocycles. The van der Waals surface area contributed by atoms with E-state index in [9.17, 15) is 5.11 Å². The second kappa shape index (κ2) is 8.14. The Morgan fingerprint density at radius 3 is 1.94 bits per heavy atom. The quantitative estimate of drug-likeness (QED) is 0.659. The largest absolute Gasteiger partial charge is 0.496 e. The SMILES string of the molecule is COc1cc([Si](C)(C)C)c(OC)c2c(OC)c3c(c(OC)c12)C[C@@H]1CC[C@](C)(O)C[C@H]1C3. The smallest absolute Gasteiger partial charge is 0.134 e. The molecule has 0 spiro atoms. The van der Waals surface area contributed by atoms with E-state index in [0.29, 0.717) is 11.8 Å². The van der Waals surface area contributed by atoms with Crippen LogP contribution in [-0.2, 0) is 12.8 Å². The van der Waals surface area contributed by atoms with Gasteiger partial charge >= 0.3 is 0 Å². The lowest BCUT2D eigenvalue weighted by Gasteiger charge is -2.43. The van der Waals surface area contributed by atoms with Crippen LogP contribution in [0.5, 0.6) is 23.0 Å². The van der Waals surface area contributed by atoms with Gasteiger partial charge in [-0.2, -0.15) is 0 Å². The summed E-state index contributed by atoms with van der Waals surface area (Å²) < 4.78 is 24.2. The van der Waals surface area contributed by atoms with Crippen LogP contribution in [0.4, 0.5) is 0 Å². The first-order valence-corrected chi connectivity index (χ1v) is 15.1. The molecule has 6 heteroatoms. The number of fused-ring (bicyclic) bond motifs is 3. The van der Waals surface area contributed by atoms with E-state index < -0.39 is 13.7 Å². The molecular weight excluding hydrogens is 420 g/mol. The minimum absolute atomic E-state index is 0.440. The summed E-state index contributed by atoms with van der Waals surface area (Å²) in [6, 6.07) is 2.14. The Morgan fingerprint density at radius 1 is 0.844 bits per heavy atom. The minimum atomic E-state index is -1.74. The van der Waals surface area contributed by atoms with Crippen molar-refractivity contribution in [2.45, 2.75) is 64.3 Å². The summed E-state index contributed by atoms with van der Waals surface area (Å²) in [6.07, 6.45) is 4.54. The van der Waals surface area contributed by atoms with E-state index in [0.717, 1.165) is 65.9 Å². The number of hydrogen-bond donors (Lipinski definition) is 1. The standard InChI is InChI=1S/C26H38O5Si/c1-26(27)10-9-15-11-17-18(12-16(15)14-26)24(30-4)22-21(23(17)29-3)19(28-2)13-20(25(22)31-5)32(6,7)8/h13,15-16,27H,9-12,14H2,1-8H3/t15-,16+,26-/m0/s1. The van der Waals surface area contributed by atoms with Crippen molar-refractivity contribution in [2.75, 3.05) is 28.4 Å². The maximum Gasteiger partial charge on any atom is 0.134 e. The average Bonchev–Trinajstić information content (AvgIpc) is 2.73. The molecule has 2 aliphatic carbocycles. The molecule has 1 N–H and O–H groups in total. The fourth-order valence-corrected chi connectivity index (χ4v) is 7.54. The van der Waals surface area contributed by atoms with Crippen molar-refractivity contribution in [3.63, 3.8) is 0 Å². The van der Waals surface area contributed by atoms with Gasteiger partial charge in [0.05, 0.1) is 52.9 Å². The van der Waals surface area contributed by atoms with Gasteiger partial charge in [-0.3, -0.25) is 0 Å². The van der Waals surface area contributed by atoms with Crippen molar-refractivity contribution >= 4 is 24.0 Å². The first kappa shape index (κ1) is 23.2. The van der Waals surface area contributed by atoms with Crippen LogP contribution in [0.15, 0.2) is 6.07 Å². The van der Waals surface area contributed by atoms with E-state index >= 15 is 0 Å². The summed E-state index contributed by atoms with van der Waals surface area (Å²) in [5.74, 6) is 4.42. The van der Waals surface area contributed by atoms with Crippen molar-refractivity contribution in [1.82, 2.24) is 0 Å². The highest BCUT2D eigenvalue weighted by Gasteiger charge is 2.42. The highest BCUT2D eigenvalue weighted by molar-refractivity contribution is 6.89. The van der Waals surface area contributed by atoms with Crippen LogP contribution >= 0.6 is 0 Å². The van der Waals surface area contributed by atoms with Gasteiger partial charge in [-0.1, -0.05) is 19.6 Å². The van der Waals surface area contributed by atoms with E-state index in [2.05, 4.69) is 25.7 Å². The Morgan fingerprint density at radius 2 is 1.41 bits per heavy atom. The third kappa shape index (κ3) is 3.65. The van der Waals surface area contributed by atoms with Gasteiger partial charge < -0.3 is 24.1 Å². The molecular formula is C26H38O5Si. The van der Waals surface area contributed by atoms with Crippen LogP contribution in [0.25, 0.3) is 10.8 Å². The van der Waals surface area contributed by atoms with Crippen LogP contribution in [0, 0.1) is 11.8 Å². The van der Waals surface area contributed by atoms with Crippen molar-refractivity contribution < 1.29 is 24.1 Å². The molecule has 176 valence electrons. The molecule has 0 bridgehead atoms. The zero-order valence-electron chi connectivity index (χ0n) is 20.8. The van der Waals surface area contributed by atoms with E-state index in [1.54, 1.807) is 28.4 Å². The predicted octanol–water partition coefficient (Wildman–Crippen LogP) is 4.69. The predicted molar refractivity (Wildman–Crippen MR) is 132 cm³/mol. The molecule has 2 aromatic carbocycles. The lowest BCUT2D eigenvalue weighted by atomic mass is 9.64. The van der Waals surface area contributed by atoms with Crippen LogP contribution < -0.4 is 24.1 Å². The molecule has 2 aliphatic rings. The molecule has 4 rings (SSSR count). The molecule has 5 nitrogen and oxygen atoms in total. The zero-order chi connectivity index (χ0) is 23.4. The van der Waals surface area contributed by atoms with Gasteiger partial charge in [0.1, 0.15) is 23.0 Å². The maximum absolute atomic E-state index is 10.7. The third-order valence-electron chi connectivity index (χ3n) is 7.61. The monoisotopic (exact) mass is 458 g/mol. The van der Waals surface area contributed by atoms with Gasteiger partial charge in [0.15, 0.2) is 0 Å². The Balaban J connectivity index is 2.08. The second-order valence-electron chi connectivity index (χ2n) is 10.9. The highest BCUT2D eigenvalue weighted by atomic mass is 28.3. The van der Waals surface area contributed by atoms with Gasteiger partial charge in [-0.05, 0) is 62.1 Å². The second-order valence-corrected chi connectivity index (χ2v) is 15.9. The highest BCUT2D eigenvalue weighted by Crippen LogP contribution is 2.54. The van der Waals surface area contributed by atoms with Crippen molar-refractivity contribution in [3.05, 3.63) is 17.2 Å². The minimum Gasteiger partial charge on any atom is -0.496 e. The summed E-state index contributed by atoms with van der Waals surface area (Å²) in [4.78, 5) is 0. The summed E-state index contributed by atoms with van der Waals surface area (Å²) in [5.41, 5.74) is 1.84. The molecule has 0 aliphatic heterocycles. The van der Waals surface area contributed by atoms with Gasteiger partial charge in [0.25, 0.3) is 0 Å².